The summed E-state index contributed by atoms with van der Waals surface area (Å²) in [7, 11) is 0. The first-order valence-electron chi connectivity index (χ1n) is 11.0. The van der Waals surface area contributed by atoms with Crippen LogP contribution in [0.4, 0.5) is 24.7 Å². The number of carbonyl (C=O) groups is 1. The molecule has 0 spiro atoms. The van der Waals surface area contributed by atoms with Crippen molar-refractivity contribution in [2.45, 2.75) is 45.9 Å². The zero-order valence-electron chi connectivity index (χ0n) is 18.9. The third kappa shape index (κ3) is 5.64. The van der Waals surface area contributed by atoms with Crippen molar-refractivity contribution in [3.05, 3.63) is 53.3 Å². The maximum absolute atomic E-state index is 12.4. The van der Waals surface area contributed by atoms with Crippen molar-refractivity contribution < 1.29 is 22.7 Å². The van der Waals surface area contributed by atoms with E-state index >= 15 is 0 Å². The third-order valence-electron chi connectivity index (χ3n) is 5.70. The van der Waals surface area contributed by atoms with Gasteiger partial charge in [0.05, 0.1) is 5.69 Å². The largest absolute Gasteiger partial charge is 0.573 e. The van der Waals surface area contributed by atoms with Crippen molar-refractivity contribution in [1.82, 2.24) is 20.0 Å². The zero-order chi connectivity index (χ0) is 24.3. The number of nitrogens with one attached hydrogen (secondary N) is 1. The van der Waals surface area contributed by atoms with Crippen molar-refractivity contribution >= 4 is 17.4 Å². The van der Waals surface area contributed by atoms with E-state index in [-0.39, 0.29) is 18.1 Å². The second-order valence-electron chi connectivity index (χ2n) is 8.13. The van der Waals surface area contributed by atoms with Gasteiger partial charge in [-0.25, -0.2) is 4.68 Å². The molecule has 2 aromatic heterocycles. The molecular weight excluding hydrogens is 449 g/mol. The van der Waals surface area contributed by atoms with Crippen molar-refractivity contribution in [2.75, 3.05) is 23.3 Å². The highest BCUT2D eigenvalue weighted by Gasteiger charge is 2.31. The molecule has 1 saturated heterocycles. The van der Waals surface area contributed by atoms with Gasteiger partial charge < -0.3 is 15.0 Å². The first kappa shape index (κ1) is 23.5. The molecular formula is C23H25F3N6O2. The zero-order valence-corrected chi connectivity index (χ0v) is 18.9. The third-order valence-corrected chi connectivity index (χ3v) is 5.70. The van der Waals surface area contributed by atoms with E-state index in [9.17, 15) is 18.0 Å². The fraction of sp³-hybridized carbons (Fsp3) is 0.391. The first-order chi connectivity index (χ1) is 16.2. The number of ether oxygens (including phenoxy) is 1. The summed E-state index contributed by atoms with van der Waals surface area (Å²) in [6.07, 6.45) is -1.79. The number of carbonyl (C=O) groups excluding carboxylic acids is 1. The summed E-state index contributed by atoms with van der Waals surface area (Å²) in [5.74, 6) is 0.865. The smallest absolute Gasteiger partial charge is 0.406 e. The minimum absolute atomic E-state index is 0.188. The lowest BCUT2D eigenvalue weighted by Crippen LogP contribution is -2.19. The van der Waals surface area contributed by atoms with Gasteiger partial charge in [0.25, 0.3) is 0 Å². The molecule has 1 aliphatic heterocycles. The lowest BCUT2D eigenvalue weighted by atomic mass is 10.1. The Kier molecular flexibility index (Phi) is 6.71. The van der Waals surface area contributed by atoms with Crippen LogP contribution < -0.4 is 15.0 Å². The normalized spacial score (nSPS) is 13.9. The molecule has 0 unspecified atom stereocenters. The van der Waals surface area contributed by atoms with Crippen LogP contribution in [0.25, 0.3) is 5.82 Å². The van der Waals surface area contributed by atoms with E-state index in [1.54, 1.807) is 4.68 Å². The average molecular weight is 474 g/mol. The summed E-state index contributed by atoms with van der Waals surface area (Å²) < 4.78 is 42.3. The lowest BCUT2D eigenvalue weighted by molar-refractivity contribution is -0.274. The van der Waals surface area contributed by atoms with E-state index in [1.807, 2.05) is 26.0 Å². The Morgan fingerprint density at radius 1 is 1.03 bits per heavy atom. The molecule has 1 fully saturated rings. The summed E-state index contributed by atoms with van der Waals surface area (Å²) in [6, 6.07) is 8.86. The van der Waals surface area contributed by atoms with Crippen molar-refractivity contribution in [3.8, 4) is 11.6 Å². The predicted octanol–water partition coefficient (Wildman–Crippen LogP) is 4.35. The fourth-order valence-electron chi connectivity index (χ4n) is 4.01. The Morgan fingerprint density at radius 3 is 2.29 bits per heavy atom. The summed E-state index contributed by atoms with van der Waals surface area (Å²) in [5, 5.41) is 15.9. The summed E-state index contributed by atoms with van der Waals surface area (Å²) >= 11 is 0. The van der Waals surface area contributed by atoms with Crippen molar-refractivity contribution in [2.24, 2.45) is 0 Å². The lowest BCUT2D eigenvalue weighted by Gasteiger charge is -2.15. The second kappa shape index (κ2) is 9.70. The van der Waals surface area contributed by atoms with Crippen LogP contribution in [0.3, 0.4) is 0 Å². The highest BCUT2D eigenvalue weighted by atomic mass is 19.4. The van der Waals surface area contributed by atoms with Gasteiger partial charge in [0.15, 0.2) is 11.6 Å². The molecule has 1 N–H and O–H groups in total. The first-order valence-corrected chi connectivity index (χ1v) is 11.0. The standard InChI is InChI=1S/C23H25F3N6O2/c1-15-19(9-12-22(33)27-17-5-7-18(8-6-17)34-23(24,25)26)16(2)32(30-15)21-11-10-20(28-29-21)31-13-3-4-14-31/h5-8,10-11H,3-4,9,12-14H2,1-2H3,(H,27,33). The Balaban J connectivity index is 1.36. The van der Waals surface area contributed by atoms with Gasteiger partial charge in [-0.1, -0.05) is 0 Å². The Labute approximate surface area is 194 Å². The maximum Gasteiger partial charge on any atom is 0.573 e. The minimum atomic E-state index is -4.76. The Hall–Kier alpha value is -3.63. The van der Waals surface area contributed by atoms with Crippen LogP contribution in [-0.2, 0) is 11.2 Å². The molecule has 0 aliphatic carbocycles. The van der Waals surface area contributed by atoms with Gasteiger partial charge in [-0.3, -0.25) is 4.79 Å². The Bertz CT molecular complexity index is 1140. The maximum atomic E-state index is 12.4. The van der Waals surface area contributed by atoms with E-state index < -0.39 is 6.36 Å². The van der Waals surface area contributed by atoms with Crippen LogP contribution in [0.5, 0.6) is 5.75 Å². The number of hydrogen-bond donors (Lipinski definition) is 1. The number of nitrogens with zero attached hydrogens (tertiary/aromatic N) is 5. The van der Waals surface area contributed by atoms with E-state index in [0.29, 0.717) is 17.9 Å². The number of aryl methyl sites for hydroxylation is 1. The van der Waals surface area contributed by atoms with E-state index in [2.05, 4.69) is 30.2 Å². The van der Waals surface area contributed by atoms with Crippen molar-refractivity contribution in [1.29, 1.82) is 0 Å². The monoisotopic (exact) mass is 474 g/mol. The fourth-order valence-corrected chi connectivity index (χ4v) is 4.01. The molecule has 34 heavy (non-hydrogen) atoms. The highest BCUT2D eigenvalue weighted by molar-refractivity contribution is 5.90. The Morgan fingerprint density at radius 2 is 1.68 bits per heavy atom. The number of amides is 1. The van der Waals surface area contributed by atoms with Gasteiger partial charge in [-0.05, 0) is 75.1 Å². The number of hydrogen-bond acceptors (Lipinski definition) is 6. The summed E-state index contributed by atoms with van der Waals surface area (Å²) in [4.78, 5) is 14.6. The molecule has 0 atom stereocenters. The molecule has 3 aromatic rings. The number of benzene rings is 1. The molecule has 1 amide bonds. The van der Waals surface area contributed by atoms with Gasteiger partial charge in [0.2, 0.25) is 5.91 Å². The topological polar surface area (TPSA) is 85.2 Å². The molecule has 0 saturated carbocycles. The molecule has 3 heterocycles. The van der Waals surface area contributed by atoms with E-state index in [0.717, 1.165) is 60.8 Å². The van der Waals surface area contributed by atoms with Crippen LogP contribution in [0, 0.1) is 13.8 Å². The molecule has 180 valence electrons. The molecule has 0 radical (unpaired) electrons. The number of aromatic nitrogens is 4. The predicted molar refractivity (Wildman–Crippen MR) is 120 cm³/mol. The van der Waals surface area contributed by atoms with E-state index in [1.165, 1.54) is 12.1 Å². The van der Waals surface area contributed by atoms with Crippen LogP contribution in [0.1, 0.15) is 36.2 Å². The van der Waals surface area contributed by atoms with Crippen LogP contribution in [-0.4, -0.2) is 45.3 Å². The molecule has 1 aromatic carbocycles. The van der Waals surface area contributed by atoms with Gasteiger partial charge >= 0.3 is 6.36 Å². The summed E-state index contributed by atoms with van der Waals surface area (Å²) in [6.45, 7) is 5.78. The van der Waals surface area contributed by atoms with Crippen LogP contribution in [0.15, 0.2) is 36.4 Å². The van der Waals surface area contributed by atoms with E-state index in [4.69, 9.17) is 0 Å². The van der Waals surface area contributed by atoms with Crippen LogP contribution in [0.2, 0.25) is 0 Å². The van der Waals surface area contributed by atoms with Crippen molar-refractivity contribution in [3.63, 3.8) is 0 Å². The molecule has 0 bridgehead atoms. The van der Waals surface area contributed by atoms with Gasteiger partial charge in [0, 0.05) is 30.9 Å². The SMILES string of the molecule is Cc1nn(-c2ccc(N3CCCC3)nn2)c(C)c1CCC(=O)Nc1ccc(OC(F)(F)F)cc1. The molecule has 8 nitrogen and oxygen atoms in total. The quantitative estimate of drug-likeness (QED) is 0.548. The number of halogens is 3. The highest BCUT2D eigenvalue weighted by Crippen LogP contribution is 2.24. The second-order valence-corrected chi connectivity index (χ2v) is 8.13. The number of rotatable bonds is 7. The number of anilines is 2. The van der Waals surface area contributed by atoms with Crippen LogP contribution >= 0.6 is 0 Å². The van der Waals surface area contributed by atoms with Gasteiger partial charge in [-0.15, -0.1) is 23.4 Å². The molecule has 4 rings (SSSR count). The average Bonchev–Trinajstić information content (AvgIpc) is 3.42. The molecule has 11 heteroatoms. The molecule has 1 aliphatic rings. The summed E-state index contributed by atoms with van der Waals surface area (Å²) in [5.41, 5.74) is 3.00. The van der Waals surface area contributed by atoms with Gasteiger partial charge in [-0.2, -0.15) is 5.10 Å². The number of alkyl halides is 3. The van der Waals surface area contributed by atoms with Gasteiger partial charge in [0.1, 0.15) is 5.75 Å². The minimum Gasteiger partial charge on any atom is -0.406 e.